The predicted octanol–water partition coefficient (Wildman–Crippen LogP) is 2.79. The third-order valence-corrected chi connectivity index (χ3v) is 3.98. The van der Waals surface area contributed by atoms with Crippen LogP contribution in [0.1, 0.15) is 30.6 Å². The summed E-state index contributed by atoms with van der Waals surface area (Å²) in [6.45, 7) is 4.09. The Hall–Kier alpha value is -2.35. The third kappa shape index (κ3) is 4.32. The fourth-order valence-electron chi connectivity index (χ4n) is 1.77. The van der Waals surface area contributed by atoms with Crippen LogP contribution in [0.25, 0.3) is 0 Å². The molecule has 0 aliphatic rings. The molecule has 1 aromatic carbocycles. The van der Waals surface area contributed by atoms with Crippen molar-refractivity contribution >= 4 is 39.2 Å². The van der Waals surface area contributed by atoms with Gasteiger partial charge in [0.1, 0.15) is 12.0 Å². The lowest BCUT2D eigenvalue weighted by Crippen LogP contribution is -2.30. The maximum absolute atomic E-state index is 12.2. The second-order valence-electron chi connectivity index (χ2n) is 5.00. The molecule has 0 aliphatic heterocycles. The number of halogens is 1. The highest BCUT2D eigenvalue weighted by molar-refractivity contribution is 9.10. The van der Waals surface area contributed by atoms with Crippen molar-refractivity contribution < 1.29 is 4.79 Å². The number of rotatable bonds is 6. The Kier molecular flexibility index (Phi) is 5.75. The third-order valence-electron chi connectivity index (χ3n) is 3.29. The lowest BCUT2D eigenvalue weighted by molar-refractivity contribution is 0.0962. The van der Waals surface area contributed by atoms with Crippen LogP contribution < -0.4 is 21.9 Å². The van der Waals surface area contributed by atoms with Crippen molar-refractivity contribution in [2.45, 2.75) is 26.3 Å². The van der Waals surface area contributed by atoms with Gasteiger partial charge in [-0.05, 0) is 41.4 Å². The van der Waals surface area contributed by atoms with Crippen LogP contribution in [-0.2, 0) is 0 Å². The van der Waals surface area contributed by atoms with E-state index in [-0.39, 0.29) is 11.9 Å². The van der Waals surface area contributed by atoms with Crippen molar-refractivity contribution in [3.05, 3.63) is 40.6 Å². The Morgan fingerprint density at radius 3 is 2.70 bits per heavy atom. The number of hydrazine groups is 1. The molecule has 122 valence electrons. The number of carbonyl (C=O) groups excluding carboxylic acids is 1. The molecule has 2 aromatic rings. The van der Waals surface area contributed by atoms with Crippen LogP contribution in [0.4, 0.5) is 17.3 Å². The number of benzene rings is 1. The first-order valence-electron chi connectivity index (χ1n) is 7.20. The van der Waals surface area contributed by atoms with Gasteiger partial charge in [-0.3, -0.25) is 15.6 Å². The van der Waals surface area contributed by atoms with Crippen molar-refractivity contribution in [2.24, 2.45) is 0 Å². The van der Waals surface area contributed by atoms with Gasteiger partial charge in [-0.15, -0.1) is 0 Å². The number of nitrogens with two attached hydrogens (primary N) is 1. The second kappa shape index (κ2) is 7.77. The number of aromatic nitrogens is 2. The number of anilines is 3. The van der Waals surface area contributed by atoms with Crippen LogP contribution in [0.2, 0.25) is 0 Å². The molecule has 5 N–H and O–H groups in total. The summed E-state index contributed by atoms with van der Waals surface area (Å²) >= 11 is 3.34. The smallest absolute Gasteiger partial charge is 0.270 e. The molecular weight excluding hydrogens is 360 g/mol. The number of nitrogens with zero attached hydrogens (tertiary/aromatic N) is 2. The number of nitrogen functional groups attached to an aromatic ring is 1. The van der Waals surface area contributed by atoms with Gasteiger partial charge in [0.05, 0.1) is 5.56 Å². The minimum absolute atomic E-state index is 0.231. The molecule has 1 unspecified atom stereocenters. The van der Waals surface area contributed by atoms with Crippen molar-refractivity contribution in [2.75, 3.05) is 16.5 Å². The van der Waals surface area contributed by atoms with E-state index in [9.17, 15) is 4.79 Å². The van der Waals surface area contributed by atoms with E-state index in [0.717, 1.165) is 6.42 Å². The van der Waals surface area contributed by atoms with Crippen molar-refractivity contribution in [1.29, 1.82) is 0 Å². The molecule has 1 atom stereocenters. The molecule has 0 saturated heterocycles. The fourth-order valence-corrected chi connectivity index (χ4v) is 2.24. The molecule has 1 aromatic heterocycles. The van der Waals surface area contributed by atoms with Gasteiger partial charge in [-0.1, -0.05) is 19.1 Å². The minimum Gasteiger partial charge on any atom is -0.393 e. The van der Waals surface area contributed by atoms with Crippen LogP contribution in [0.3, 0.4) is 0 Å². The molecule has 1 amide bonds. The predicted molar refractivity (Wildman–Crippen MR) is 95.1 cm³/mol. The molecule has 7 nitrogen and oxygen atoms in total. The van der Waals surface area contributed by atoms with Gasteiger partial charge in [0.2, 0.25) is 0 Å². The fraction of sp³-hybridized carbons (Fsp3) is 0.267. The van der Waals surface area contributed by atoms with Gasteiger partial charge in [-0.2, -0.15) is 0 Å². The number of hydrogen-bond acceptors (Lipinski definition) is 6. The highest BCUT2D eigenvalue weighted by Crippen LogP contribution is 2.23. The van der Waals surface area contributed by atoms with Crippen molar-refractivity contribution in [3.8, 4) is 0 Å². The van der Waals surface area contributed by atoms with Gasteiger partial charge < -0.3 is 11.1 Å². The number of carbonyl (C=O) groups is 1. The van der Waals surface area contributed by atoms with E-state index in [0.29, 0.717) is 27.4 Å². The summed E-state index contributed by atoms with van der Waals surface area (Å²) in [6.07, 6.45) is 2.32. The average Bonchev–Trinajstić information content (AvgIpc) is 2.55. The van der Waals surface area contributed by atoms with Crippen LogP contribution in [0, 0.1) is 0 Å². The van der Waals surface area contributed by atoms with Crippen LogP contribution in [0.15, 0.2) is 35.1 Å². The molecule has 0 bridgehead atoms. The standard InChI is InChI=1S/C15H19BrN6O/c1-3-9(2)20-13-12(17)14(19-8-18-13)21-22-15(23)10-6-4-5-7-11(10)16/h4-9H,3,17H2,1-2H3,(H,22,23)(H2,18,19,20,21). The first-order chi connectivity index (χ1) is 11.0. The highest BCUT2D eigenvalue weighted by Gasteiger charge is 2.12. The van der Waals surface area contributed by atoms with Gasteiger partial charge >= 0.3 is 0 Å². The monoisotopic (exact) mass is 378 g/mol. The zero-order chi connectivity index (χ0) is 16.8. The van der Waals surface area contributed by atoms with E-state index in [2.05, 4.69) is 49.0 Å². The summed E-state index contributed by atoms with van der Waals surface area (Å²) < 4.78 is 0.703. The number of amides is 1. The Labute approximate surface area is 143 Å². The lowest BCUT2D eigenvalue weighted by atomic mass is 10.2. The summed E-state index contributed by atoms with van der Waals surface area (Å²) in [5.74, 6) is 0.574. The Balaban J connectivity index is 2.07. The van der Waals surface area contributed by atoms with E-state index < -0.39 is 0 Å². The van der Waals surface area contributed by atoms with Gasteiger partial charge in [0.15, 0.2) is 11.6 Å². The number of nitrogens with one attached hydrogen (secondary N) is 3. The minimum atomic E-state index is -0.299. The number of hydrogen-bond donors (Lipinski definition) is 4. The second-order valence-corrected chi connectivity index (χ2v) is 5.85. The zero-order valence-corrected chi connectivity index (χ0v) is 14.5. The van der Waals surface area contributed by atoms with E-state index in [1.807, 2.05) is 13.0 Å². The zero-order valence-electron chi connectivity index (χ0n) is 12.9. The first-order valence-corrected chi connectivity index (χ1v) is 8.00. The van der Waals surface area contributed by atoms with Crippen LogP contribution in [-0.4, -0.2) is 21.9 Å². The van der Waals surface area contributed by atoms with Crippen molar-refractivity contribution in [3.63, 3.8) is 0 Å². The Morgan fingerprint density at radius 1 is 1.30 bits per heavy atom. The molecule has 0 fully saturated rings. The van der Waals surface area contributed by atoms with Gasteiger partial charge in [0, 0.05) is 10.5 Å². The molecule has 23 heavy (non-hydrogen) atoms. The average molecular weight is 379 g/mol. The highest BCUT2D eigenvalue weighted by atomic mass is 79.9. The molecule has 0 spiro atoms. The molecular formula is C15H19BrN6O. The quantitative estimate of drug-likeness (QED) is 0.576. The molecule has 0 radical (unpaired) electrons. The van der Waals surface area contributed by atoms with E-state index in [1.54, 1.807) is 18.2 Å². The summed E-state index contributed by atoms with van der Waals surface area (Å²) in [5.41, 5.74) is 12.2. The van der Waals surface area contributed by atoms with E-state index in [1.165, 1.54) is 6.33 Å². The largest absolute Gasteiger partial charge is 0.393 e. The topological polar surface area (TPSA) is 105 Å². The SMILES string of the molecule is CCC(C)Nc1ncnc(NNC(=O)c2ccccc2Br)c1N. The molecule has 0 saturated carbocycles. The summed E-state index contributed by atoms with van der Waals surface area (Å²) in [7, 11) is 0. The summed E-state index contributed by atoms with van der Waals surface area (Å²) in [4.78, 5) is 20.3. The summed E-state index contributed by atoms with van der Waals surface area (Å²) in [6, 6.07) is 7.36. The molecule has 1 heterocycles. The van der Waals surface area contributed by atoms with Gasteiger partial charge in [0.25, 0.3) is 5.91 Å². The normalized spacial score (nSPS) is 11.6. The maximum Gasteiger partial charge on any atom is 0.270 e. The van der Waals surface area contributed by atoms with Gasteiger partial charge in [-0.25, -0.2) is 9.97 Å². The molecule has 2 rings (SSSR count). The van der Waals surface area contributed by atoms with E-state index in [4.69, 9.17) is 5.73 Å². The van der Waals surface area contributed by atoms with Crippen molar-refractivity contribution in [1.82, 2.24) is 15.4 Å². The lowest BCUT2D eigenvalue weighted by Gasteiger charge is -2.16. The summed E-state index contributed by atoms with van der Waals surface area (Å²) in [5, 5.41) is 3.19. The maximum atomic E-state index is 12.2. The van der Waals surface area contributed by atoms with Crippen LogP contribution >= 0.6 is 15.9 Å². The molecule has 0 aliphatic carbocycles. The first kappa shape index (κ1) is 17.0. The Bertz CT molecular complexity index is 693. The van der Waals surface area contributed by atoms with E-state index >= 15 is 0 Å². The Morgan fingerprint density at radius 2 is 2.00 bits per heavy atom. The van der Waals surface area contributed by atoms with Crippen LogP contribution in [0.5, 0.6) is 0 Å². The molecule has 8 heteroatoms.